The number of ether oxygens (including phenoxy) is 1. The molecule has 0 amide bonds. The van der Waals surface area contributed by atoms with Crippen LogP contribution in [0, 0.1) is 0 Å². The molecule has 0 fully saturated rings. The van der Waals surface area contributed by atoms with Gasteiger partial charge in [-0.05, 0) is 31.5 Å². The van der Waals surface area contributed by atoms with Crippen molar-refractivity contribution in [1.82, 2.24) is 9.97 Å². The molecule has 0 aliphatic carbocycles. The highest BCUT2D eigenvalue weighted by Crippen LogP contribution is 2.22. The zero-order valence-electron chi connectivity index (χ0n) is 15.4. The lowest BCUT2D eigenvalue weighted by Crippen LogP contribution is -2.14. The second-order valence-corrected chi connectivity index (χ2v) is 6.33. The minimum absolute atomic E-state index is 0.260. The molecule has 26 heavy (non-hydrogen) atoms. The first kappa shape index (κ1) is 17.7. The van der Waals surface area contributed by atoms with Crippen LogP contribution < -0.4 is 15.4 Å². The van der Waals surface area contributed by atoms with E-state index in [0.717, 1.165) is 28.4 Å². The molecule has 134 valence electrons. The smallest absolute Gasteiger partial charge is 0.225 e. The lowest BCUT2D eigenvalue weighted by molar-refractivity contribution is 0.414. The maximum Gasteiger partial charge on any atom is 0.225 e. The van der Waals surface area contributed by atoms with E-state index in [0.29, 0.717) is 12.5 Å². The molecule has 1 heterocycles. The molecule has 3 aromatic rings. The summed E-state index contributed by atoms with van der Waals surface area (Å²) in [7, 11) is 1.67. The van der Waals surface area contributed by atoms with Gasteiger partial charge in [-0.25, -0.2) is 4.98 Å². The summed E-state index contributed by atoms with van der Waals surface area (Å²) in [5.74, 6) is 2.27. The van der Waals surface area contributed by atoms with Crippen LogP contribution in [-0.4, -0.2) is 23.1 Å². The molecule has 0 unspecified atom stereocenters. The molecule has 5 nitrogen and oxygen atoms in total. The number of methoxy groups -OCH3 is 1. The molecule has 0 atom stereocenters. The highest BCUT2D eigenvalue weighted by atomic mass is 16.5. The van der Waals surface area contributed by atoms with E-state index < -0.39 is 0 Å². The van der Waals surface area contributed by atoms with Gasteiger partial charge in [0.2, 0.25) is 5.95 Å². The predicted molar refractivity (Wildman–Crippen MR) is 107 cm³/mol. The largest absolute Gasteiger partial charge is 0.497 e. The molecule has 0 radical (unpaired) electrons. The Bertz CT molecular complexity index is 832. The fourth-order valence-electron chi connectivity index (χ4n) is 2.55. The van der Waals surface area contributed by atoms with E-state index in [9.17, 15) is 0 Å². The minimum atomic E-state index is 0.260. The number of hydrogen-bond donors (Lipinski definition) is 2. The Kier molecular flexibility index (Phi) is 5.69. The maximum absolute atomic E-state index is 5.20. The van der Waals surface area contributed by atoms with E-state index in [1.807, 2.05) is 48.5 Å². The summed E-state index contributed by atoms with van der Waals surface area (Å²) >= 11 is 0. The standard InChI is InChI=1S/C21H24N4O/c1-15(2)23-21-24-19(17-7-5-4-6-8-17)13-20(25-21)22-14-16-9-11-18(26-3)12-10-16/h4-13,15H,14H2,1-3H3,(H2,22,23,24,25). The average molecular weight is 348 g/mol. The third-order valence-electron chi connectivity index (χ3n) is 3.85. The van der Waals surface area contributed by atoms with Crippen molar-refractivity contribution in [1.29, 1.82) is 0 Å². The summed E-state index contributed by atoms with van der Waals surface area (Å²) in [4.78, 5) is 9.23. The molecule has 0 aliphatic rings. The molecule has 0 saturated carbocycles. The number of hydrogen-bond acceptors (Lipinski definition) is 5. The van der Waals surface area contributed by atoms with Crippen LogP contribution in [0.3, 0.4) is 0 Å². The molecular formula is C21H24N4O. The lowest BCUT2D eigenvalue weighted by Gasteiger charge is -2.13. The molecule has 0 bridgehead atoms. The second kappa shape index (κ2) is 8.34. The van der Waals surface area contributed by atoms with Gasteiger partial charge in [0, 0.05) is 24.2 Å². The van der Waals surface area contributed by atoms with E-state index >= 15 is 0 Å². The van der Waals surface area contributed by atoms with E-state index in [1.54, 1.807) is 7.11 Å². The first-order valence-electron chi connectivity index (χ1n) is 8.72. The van der Waals surface area contributed by atoms with Crippen molar-refractivity contribution < 1.29 is 4.74 Å². The summed E-state index contributed by atoms with van der Waals surface area (Å²) in [6, 6.07) is 20.4. The Morgan fingerprint density at radius 2 is 1.69 bits per heavy atom. The van der Waals surface area contributed by atoms with Crippen molar-refractivity contribution in [3.05, 3.63) is 66.2 Å². The summed E-state index contributed by atoms with van der Waals surface area (Å²) < 4.78 is 5.20. The Morgan fingerprint density at radius 1 is 0.962 bits per heavy atom. The zero-order valence-corrected chi connectivity index (χ0v) is 15.4. The van der Waals surface area contributed by atoms with Gasteiger partial charge < -0.3 is 15.4 Å². The van der Waals surface area contributed by atoms with Gasteiger partial charge in [-0.2, -0.15) is 4.98 Å². The van der Waals surface area contributed by atoms with Gasteiger partial charge in [0.25, 0.3) is 0 Å². The molecule has 2 aromatic carbocycles. The SMILES string of the molecule is COc1ccc(CNc2cc(-c3ccccc3)nc(NC(C)C)n2)cc1. The third-order valence-corrected chi connectivity index (χ3v) is 3.85. The van der Waals surface area contributed by atoms with Crippen molar-refractivity contribution >= 4 is 11.8 Å². The Labute approximate surface area is 154 Å². The average Bonchev–Trinajstić information content (AvgIpc) is 2.67. The molecule has 0 spiro atoms. The van der Waals surface area contributed by atoms with Crippen LogP contribution in [0.1, 0.15) is 19.4 Å². The summed E-state index contributed by atoms with van der Waals surface area (Å²) in [5.41, 5.74) is 3.11. The topological polar surface area (TPSA) is 59.1 Å². The fourth-order valence-corrected chi connectivity index (χ4v) is 2.55. The van der Waals surface area contributed by atoms with Crippen LogP contribution in [0.2, 0.25) is 0 Å². The van der Waals surface area contributed by atoms with Gasteiger partial charge in [0.1, 0.15) is 11.6 Å². The highest BCUT2D eigenvalue weighted by Gasteiger charge is 2.08. The molecule has 0 saturated heterocycles. The van der Waals surface area contributed by atoms with Gasteiger partial charge in [0.05, 0.1) is 12.8 Å². The predicted octanol–water partition coefficient (Wildman–Crippen LogP) is 4.58. The Balaban J connectivity index is 1.82. The van der Waals surface area contributed by atoms with Gasteiger partial charge >= 0.3 is 0 Å². The lowest BCUT2D eigenvalue weighted by atomic mass is 10.1. The van der Waals surface area contributed by atoms with Crippen LogP contribution >= 0.6 is 0 Å². The van der Waals surface area contributed by atoms with Crippen molar-refractivity contribution in [3.63, 3.8) is 0 Å². The van der Waals surface area contributed by atoms with Crippen LogP contribution in [0.25, 0.3) is 11.3 Å². The maximum atomic E-state index is 5.20. The van der Waals surface area contributed by atoms with Crippen LogP contribution in [-0.2, 0) is 6.54 Å². The molecule has 1 aromatic heterocycles. The fraction of sp³-hybridized carbons (Fsp3) is 0.238. The van der Waals surface area contributed by atoms with Crippen molar-refractivity contribution in [3.8, 4) is 17.0 Å². The molecule has 3 rings (SSSR count). The van der Waals surface area contributed by atoms with E-state index in [2.05, 4.69) is 46.6 Å². The second-order valence-electron chi connectivity index (χ2n) is 6.33. The molecular weight excluding hydrogens is 324 g/mol. The third kappa shape index (κ3) is 4.72. The molecule has 0 aliphatic heterocycles. The number of benzene rings is 2. The number of nitrogens with zero attached hydrogens (tertiary/aromatic N) is 2. The summed E-state index contributed by atoms with van der Waals surface area (Å²) in [6.45, 7) is 4.82. The summed E-state index contributed by atoms with van der Waals surface area (Å²) in [5, 5.41) is 6.68. The number of aromatic nitrogens is 2. The van der Waals surface area contributed by atoms with Crippen molar-refractivity contribution in [2.75, 3.05) is 17.7 Å². The Hall–Kier alpha value is -3.08. The summed E-state index contributed by atoms with van der Waals surface area (Å²) in [6.07, 6.45) is 0. The first-order chi connectivity index (χ1) is 12.6. The normalized spacial score (nSPS) is 10.6. The number of nitrogens with one attached hydrogen (secondary N) is 2. The number of rotatable bonds is 7. The van der Waals surface area contributed by atoms with Gasteiger partial charge in [-0.15, -0.1) is 0 Å². The van der Waals surface area contributed by atoms with Crippen molar-refractivity contribution in [2.24, 2.45) is 0 Å². The van der Waals surface area contributed by atoms with E-state index in [1.165, 1.54) is 0 Å². The minimum Gasteiger partial charge on any atom is -0.497 e. The van der Waals surface area contributed by atoms with E-state index in [4.69, 9.17) is 4.74 Å². The number of anilines is 2. The molecule has 5 heteroatoms. The van der Waals surface area contributed by atoms with Crippen LogP contribution in [0.4, 0.5) is 11.8 Å². The van der Waals surface area contributed by atoms with Crippen LogP contribution in [0.15, 0.2) is 60.7 Å². The first-order valence-corrected chi connectivity index (χ1v) is 8.72. The molecule has 2 N–H and O–H groups in total. The van der Waals surface area contributed by atoms with Crippen molar-refractivity contribution in [2.45, 2.75) is 26.4 Å². The van der Waals surface area contributed by atoms with Gasteiger partial charge in [-0.3, -0.25) is 0 Å². The Morgan fingerprint density at radius 3 is 2.35 bits per heavy atom. The zero-order chi connectivity index (χ0) is 18.4. The van der Waals surface area contributed by atoms with Gasteiger partial charge in [-0.1, -0.05) is 42.5 Å². The quantitative estimate of drug-likeness (QED) is 0.654. The van der Waals surface area contributed by atoms with Crippen LogP contribution in [0.5, 0.6) is 5.75 Å². The monoisotopic (exact) mass is 348 g/mol. The van der Waals surface area contributed by atoms with E-state index in [-0.39, 0.29) is 6.04 Å². The van der Waals surface area contributed by atoms with Gasteiger partial charge in [0.15, 0.2) is 0 Å². The highest BCUT2D eigenvalue weighted by molar-refractivity contribution is 5.64.